The van der Waals surface area contributed by atoms with E-state index < -0.39 is 10.8 Å². The maximum absolute atomic E-state index is 11.2. The normalized spacial score (nSPS) is 10.1. The number of nitrogens with two attached hydrogens (primary N) is 1. The number of benzene rings is 2. The molecule has 21 heavy (non-hydrogen) atoms. The van der Waals surface area contributed by atoms with E-state index in [-0.39, 0.29) is 11.3 Å². The van der Waals surface area contributed by atoms with E-state index in [0.29, 0.717) is 5.69 Å². The molecule has 3 N–H and O–H groups in total. The summed E-state index contributed by atoms with van der Waals surface area (Å²) in [6.07, 6.45) is 0.802. The first-order chi connectivity index (χ1) is 10.0. The number of hydrogen-bond donors (Lipinski definition) is 2. The molecule has 0 saturated carbocycles. The molecule has 108 valence electrons. The molecule has 2 rings (SSSR count). The summed E-state index contributed by atoms with van der Waals surface area (Å²) in [7, 11) is 0. The molecule has 0 aliphatic carbocycles. The Kier molecular flexibility index (Phi) is 4.18. The van der Waals surface area contributed by atoms with E-state index in [1.807, 2.05) is 31.2 Å². The van der Waals surface area contributed by atoms with Crippen LogP contribution >= 0.6 is 0 Å². The fraction of sp³-hybridized carbons (Fsp3) is 0.133. The smallest absolute Gasteiger partial charge is 0.293 e. The van der Waals surface area contributed by atoms with Crippen LogP contribution in [0.4, 0.5) is 17.1 Å². The zero-order chi connectivity index (χ0) is 15.4. The molecule has 0 aromatic heterocycles. The van der Waals surface area contributed by atoms with Gasteiger partial charge in [0.05, 0.1) is 4.92 Å². The van der Waals surface area contributed by atoms with Gasteiger partial charge < -0.3 is 11.1 Å². The number of anilines is 2. The zero-order valence-corrected chi connectivity index (χ0v) is 11.5. The van der Waals surface area contributed by atoms with Crippen LogP contribution in [0.25, 0.3) is 0 Å². The minimum Gasteiger partial charge on any atom is -0.366 e. The first-order valence-corrected chi connectivity index (χ1v) is 6.46. The second kappa shape index (κ2) is 6.04. The third-order valence-corrected chi connectivity index (χ3v) is 3.15. The Labute approximate surface area is 121 Å². The molecule has 0 spiro atoms. The summed E-state index contributed by atoms with van der Waals surface area (Å²) in [6, 6.07) is 11.7. The maximum Gasteiger partial charge on any atom is 0.293 e. The van der Waals surface area contributed by atoms with Gasteiger partial charge in [0.25, 0.3) is 5.69 Å². The summed E-state index contributed by atoms with van der Waals surface area (Å²) >= 11 is 0. The highest BCUT2D eigenvalue weighted by Gasteiger charge is 2.17. The summed E-state index contributed by atoms with van der Waals surface area (Å²) in [5, 5.41) is 14.2. The number of hydrogen-bond acceptors (Lipinski definition) is 4. The van der Waals surface area contributed by atoms with Gasteiger partial charge in [0.2, 0.25) is 5.91 Å². The van der Waals surface area contributed by atoms with Crippen molar-refractivity contribution in [2.24, 2.45) is 5.73 Å². The van der Waals surface area contributed by atoms with Crippen LogP contribution in [0.1, 0.15) is 22.8 Å². The average Bonchev–Trinajstić information content (AvgIpc) is 2.47. The first kappa shape index (κ1) is 14.5. The third kappa shape index (κ3) is 3.17. The number of primary amides is 1. The van der Waals surface area contributed by atoms with Crippen molar-refractivity contribution in [2.45, 2.75) is 13.3 Å². The van der Waals surface area contributed by atoms with Gasteiger partial charge in [0, 0.05) is 17.3 Å². The Bertz CT molecular complexity index is 698. The molecule has 0 bridgehead atoms. The van der Waals surface area contributed by atoms with Gasteiger partial charge >= 0.3 is 0 Å². The molecule has 0 heterocycles. The molecule has 0 atom stereocenters. The number of aryl methyl sites for hydroxylation is 1. The van der Waals surface area contributed by atoms with Gasteiger partial charge in [0.15, 0.2) is 0 Å². The van der Waals surface area contributed by atoms with Crippen LogP contribution in [0.5, 0.6) is 0 Å². The van der Waals surface area contributed by atoms with Crippen molar-refractivity contribution in [3.05, 3.63) is 63.7 Å². The SMILES string of the molecule is CCc1ccccc1Nc1ccc(C(N)=O)cc1[N+](=O)[O-]. The van der Waals surface area contributed by atoms with Gasteiger partial charge in [0.1, 0.15) is 5.69 Å². The van der Waals surface area contributed by atoms with Gasteiger partial charge in [-0.1, -0.05) is 25.1 Å². The number of amides is 1. The van der Waals surface area contributed by atoms with Crippen LogP contribution in [0.15, 0.2) is 42.5 Å². The predicted octanol–water partition coefficient (Wildman–Crippen LogP) is 3.00. The quantitative estimate of drug-likeness (QED) is 0.651. The molecule has 2 aromatic carbocycles. The van der Waals surface area contributed by atoms with E-state index in [1.165, 1.54) is 18.2 Å². The van der Waals surface area contributed by atoms with Crippen molar-refractivity contribution in [1.82, 2.24) is 0 Å². The highest BCUT2D eigenvalue weighted by Crippen LogP contribution is 2.30. The molecule has 0 unspecified atom stereocenters. The fourth-order valence-corrected chi connectivity index (χ4v) is 2.04. The van der Waals surface area contributed by atoms with Gasteiger partial charge in [-0.3, -0.25) is 14.9 Å². The lowest BCUT2D eigenvalue weighted by atomic mass is 10.1. The van der Waals surface area contributed by atoms with E-state index in [0.717, 1.165) is 17.7 Å². The molecular formula is C15H15N3O3. The second-order valence-corrected chi connectivity index (χ2v) is 4.49. The van der Waals surface area contributed by atoms with Crippen LogP contribution in [0, 0.1) is 10.1 Å². The number of carbonyl (C=O) groups excluding carboxylic acids is 1. The Morgan fingerprint density at radius 1 is 1.24 bits per heavy atom. The molecule has 1 amide bonds. The molecular weight excluding hydrogens is 270 g/mol. The van der Waals surface area contributed by atoms with Crippen LogP contribution in [-0.4, -0.2) is 10.8 Å². The number of nitro benzene ring substituents is 1. The van der Waals surface area contributed by atoms with E-state index in [1.54, 1.807) is 0 Å². The topological polar surface area (TPSA) is 98.3 Å². The number of nitrogens with zero attached hydrogens (tertiary/aromatic N) is 1. The van der Waals surface area contributed by atoms with Gasteiger partial charge in [-0.15, -0.1) is 0 Å². The van der Waals surface area contributed by atoms with E-state index >= 15 is 0 Å². The van der Waals surface area contributed by atoms with Crippen LogP contribution < -0.4 is 11.1 Å². The molecule has 0 aliphatic heterocycles. The van der Waals surface area contributed by atoms with Crippen LogP contribution in [-0.2, 0) is 6.42 Å². The first-order valence-electron chi connectivity index (χ1n) is 6.46. The zero-order valence-electron chi connectivity index (χ0n) is 11.5. The lowest BCUT2D eigenvalue weighted by Gasteiger charge is -2.11. The molecule has 6 heteroatoms. The van der Waals surface area contributed by atoms with Gasteiger partial charge in [-0.05, 0) is 30.2 Å². The molecule has 0 radical (unpaired) electrons. The summed E-state index contributed by atoms with van der Waals surface area (Å²) in [6.45, 7) is 2.01. The van der Waals surface area contributed by atoms with Crippen LogP contribution in [0.2, 0.25) is 0 Å². The lowest BCUT2D eigenvalue weighted by molar-refractivity contribution is -0.383. The lowest BCUT2D eigenvalue weighted by Crippen LogP contribution is -2.11. The average molecular weight is 285 g/mol. The summed E-state index contributed by atoms with van der Waals surface area (Å²) in [5.41, 5.74) is 7.25. The maximum atomic E-state index is 11.2. The van der Waals surface area contributed by atoms with Crippen molar-refractivity contribution in [1.29, 1.82) is 0 Å². The van der Waals surface area contributed by atoms with Gasteiger partial charge in [-0.25, -0.2) is 0 Å². The number of para-hydroxylation sites is 1. The molecule has 0 aliphatic rings. The summed E-state index contributed by atoms with van der Waals surface area (Å²) < 4.78 is 0. The number of rotatable bonds is 5. The highest BCUT2D eigenvalue weighted by atomic mass is 16.6. The Hall–Kier alpha value is -2.89. The van der Waals surface area contributed by atoms with E-state index in [9.17, 15) is 14.9 Å². The molecule has 0 saturated heterocycles. The molecule has 2 aromatic rings. The number of carbonyl (C=O) groups is 1. The third-order valence-electron chi connectivity index (χ3n) is 3.15. The molecule has 6 nitrogen and oxygen atoms in total. The predicted molar refractivity (Wildman–Crippen MR) is 80.7 cm³/mol. The standard InChI is InChI=1S/C15H15N3O3/c1-2-10-5-3-4-6-12(10)17-13-8-7-11(15(16)19)9-14(13)18(20)21/h3-9,17H,2H2,1H3,(H2,16,19). The minimum absolute atomic E-state index is 0.107. The van der Waals surface area contributed by atoms with E-state index in [2.05, 4.69) is 5.32 Å². The van der Waals surface area contributed by atoms with Gasteiger partial charge in [-0.2, -0.15) is 0 Å². The molecule has 0 fully saturated rings. The Morgan fingerprint density at radius 2 is 1.95 bits per heavy atom. The summed E-state index contributed by atoms with van der Waals surface area (Å²) in [4.78, 5) is 21.7. The fourth-order valence-electron chi connectivity index (χ4n) is 2.04. The van der Waals surface area contributed by atoms with Crippen molar-refractivity contribution >= 4 is 23.0 Å². The van der Waals surface area contributed by atoms with Crippen molar-refractivity contribution in [2.75, 3.05) is 5.32 Å². The monoisotopic (exact) mass is 285 g/mol. The van der Waals surface area contributed by atoms with Crippen LogP contribution in [0.3, 0.4) is 0 Å². The van der Waals surface area contributed by atoms with Crippen molar-refractivity contribution in [3.63, 3.8) is 0 Å². The second-order valence-electron chi connectivity index (χ2n) is 4.49. The minimum atomic E-state index is -0.696. The van der Waals surface area contributed by atoms with Crippen molar-refractivity contribution in [3.8, 4) is 0 Å². The number of nitro groups is 1. The largest absolute Gasteiger partial charge is 0.366 e. The number of nitrogens with one attached hydrogen (secondary N) is 1. The van der Waals surface area contributed by atoms with Crippen molar-refractivity contribution < 1.29 is 9.72 Å². The Morgan fingerprint density at radius 3 is 2.57 bits per heavy atom. The summed E-state index contributed by atoms with van der Waals surface area (Å²) in [5.74, 6) is -0.696. The Balaban J connectivity index is 2.44. The van der Waals surface area contributed by atoms with E-state index in [4.69, 9.17) is 5.73 Å². The highest BCUT2D eigenvalue weighted by molar-refractivity contribution is 5.94.